The lowest BCUT2D eigenvalue weighted by molar-refractivity contribution is -0.119. The van der Waals surface area contributed by atoms with Gasteiger partial charge in [0.1, 0.15) is 18.0 Å². The van der Waals surface area contributed by atoms with Crippen LogP contribution in [0.2, 0.25) is 0 Å². The maximum Gasteiger partial charge on any atom is 0.356 e. The van der Waals surface area contributed by atoms with Crippen molar-refractivity contribution in [3.05, 3.63) is 83.7 Å². The number of ether oxygens (including phenoxy) is 2. The zero-order valence-corrected chi connectivity index (χ0v) is 20.9. The van der Waals surface area contributed by atoms with E-state index in [1.165, 1.54) is 19.8 Å². The number of hydrogen-bond acceptors (Lipinski definition) is 7. The lowest BCUT2D eigenvalue weighted by atomic mass is 10.1. The summed E-state index contributed by atoms with van der Waals surface area (Å²) in [4.78, 5) is 30.1. The highest BCUT2D eigenvalue weighted by atomic mass is 16.5. The number of benzene rings is 2. The van der Waals surface area contributed by atoms with Crippen molar-refractivity contribution in [3.63, 3.8) is 0 Å². The highest BCUT2D eigenvalue weighted by Gasteiger charge is 2.26. The van der Waals surface area contributed by atoms with Gasteiger partial charge in [0.05, 0.1) is 24.7 Å². The number of hydrogen-bond donors (Lipinski definition) is 3. The largest absolute Gasteiger partial charge is 0.508 e. The van der Waals surface area contributed by atoms with Gasteiger partial charge in [-0.25, -0.2) is 9.78 Å². The molecule has 0 aliphatic heterocycles. The van der Waals surface area contributed by atoms with Crippen molar-refractivity contribution < 1.29 is 24.2 Å². The minimum Gasteiger partial charge on any atom is -0.508 e. The molecule has 0 fully saturated rings. The lowest BCUT2D eigenvalue weighted by Crippen LogP contribution is -2.20. The second-order valence-corrected chi connectivity index (χ2v) is 8.56. The smallest absolute Gasteiger partial charge is 0.356 e. The predicted molar refractivity (Wildman–Crippen MR) is 142 cm³/mol. The number of aromatic nitrogens is 2. The number of phenols is 1. The van der Waals surface area contributed by atoms with E-state index in [1.807, 2.05) is 30.3 Å². The van der Waals surface area contributed by atoms with Gasteiger partial charge in [0, 0.05) is 25.6 Å². The van der Waals surface area contributed by atoms with Crippen LogP contribution in [-0.4, -0.2) is 47.4 Å². The Kier molecular flexibility index (Phi) is 8.37. The van der Waals surface area contributed by atoms with E-state index in [0.29, 0.717) is 35.5 Å². The molecule has 0 saturated carbocycles. The summed E-state index contributed by atoms with van der Waals surface area (Å²) < 4.78 is 11.9. The van der Waals surface area contributed by atoms with Crippen molar-refractivity contribution in [1.29, 1.82) is 0 Å². The molecule has 2 heterocycles. The number of rotatable bonds is 11. The molecule has 0 saturated heterocycles. The van der Waals surface area contributed by atoms with Crippen LogP contribution in [-0.2, 0) is 33.8 Å². The van der Waals surface area contributed by atoms with Gasteiger partial charge in [0.2, 0.25) is 5.91 Å². The Labute approximate surface area is 215 Å². The molecule has 0 bridgehead atoms. The first-order valence-electron chi connectivity index (χ1n) is 11.9. The van der Waals surface area contributed by atoms with Gasteiger partial charge in [-0.05, 0) is 42.2 Å². The van der Waals surface area contributed by atoms with Crippen LogP contribution in [0.1, 0.15) is 28.0 Å². The van der Waals surface area contributed by atoms with E-state index in [0.717, 1.165) is 18.4 Å². The summed E-state index contributed by atoms with van der Waals surface area (Å²) in [6.45, 7) is 0.789. The van der Waals surface area contributed by atoms with Crippen LogP contribution in [0.5, 0.6) is 5.75 Å². The quantitative estimate of drug-likeness (QED) is 0.261. The van der Waals surface area contributed by atoms with Gasteiger partial charge in [-0.2, -0.15) is 0 Å². The van der Waals surface area contributed by atoms with Crippen LogP contribution in [0.15, 0.2) is 66.9 Å². The summed E-state index contributed by atoms with van der Waals surface area (Å²) in [5, 5.41) is 16.4. The van der Waals surface area contributed by atoms with Gasteiger partial charge >= 0.3 is 5.97 Å². The van der Waals surface area contributed by atoms with Crippen LogP contribution in [0, 0.1) is 0 Å². The Morgan fingerprint density at radius 3 is 2.54 bits per heavy atom. The second-order valence-electron chi connectivity index (χ2n) is 8.56. The first-order chi connectivity index (χ1) is 18.0. The average molecular weight is 503 g/mol. The highest BCUT2D eigenvalue weighted by Crippen LogP contribution is 2.33. The number of anilines is 2. The molecule has 1 amide bonds. The summed E-state index contributed by atoms with van der Waals surface area (Å²) in [6.07, 6.45) is 3.25. The Bertz CT molecular complexity index is 1380. The van der Waals surface area contributed by atoms with E-state index in [1.54, 1.807) is 29.0 Å². The Morgan fingerprint density at radius 1 is 1.03 bits per heavy atom. The van der Waals surface area contributed by atoms with Crippen LogP contribution in [0.25, 0.3) is 11.0 Å². The van der Waals surface area contributed by atoms with E-state index < -0.39 is 11.9 Å². The summed E-state index contributed by atoms with van der Waals surface area (Å²) in [5.74, 6) is -0.778. The lowest BCUT2D eigenvalue weighted by Gasteiger charge is -2.11. The maximum absolute atomic E-state index is 12.9. The van der Waals surface area contributed by atoms with Crippen molar-refractivity contribution >= 4 is 34.3 Å². The maximum atomic E-state index is 12.9. The van der Waals surface area contributed by atoms with Crippen molar-refractivity contribution in [1.82, 2.24) is 9.55 Å². The Hall–Kier alpha value is -4.37. The van der Waals surface area contributed by atoms with E-state index in [9.17, 15) is 14.7 Å². The number of amides is 1. The fraction of sp³-hybridized carbons (Fsp3) is 0.250. The number of nitrogens with one attached hydrogen (secondary N) is 2. The molecule has 0 radical (unpaired) electrons. The standard InChI is InChI=1S/C28H30N4O5/c1-36-18-24(34)31-25-23-15-21(29-16-20-10-6-12-22(33)14-20)17-30-27(23)32(26(25)28(35)37-2)13-7-11-19-8-4-3-5-9-19/h3-6,8-10,12,14-15,17,29,33H,7,11,13,16,18H2,1-2H3,(H,31,34). The molecule has 3 N–H and O–H groups in total. The zero-order valence-electron chi connectivity index (χ0n) is 20.9. The summed E-state index contributed by atoms with van der Waals surface area (Å²) in [6, 6.07) is 18.9. The number of nitrogens with zero attached hydrogens (tertiary/aromatic N) is 2. The molecule has 37 heavy (non-hydrogen) atoms. The van der Waals surface area contributed by atoms with E-state index in [2.05, 4.69) is 27.8 Å². The molecule has 9 heteroatoms. The topological polar surface area (TPSA) is 115 Å². The highest BCUT2D eigenvalue weighted by molar-refractivity contribution is 6.11. The predicted octanol–water partition coefficient (Wildman–Crippen LogP) is 4.36. The minimum atomic E-state index is -0.570. The summed E-state index contributed by atoms with van der Waals surface area (Å²) in [7, 11) is 2.74. The van der Waals surface area contributed by atoms with Crippen molar-refractivity contribution in [3.8, 4) is 5.75 Å². The molecule has 0 unspecified atom stereocenters. The third-order valence-electron chi connectivity index (χ3n) is 5.91. The molecular weight excluding hydrogens is 472 g/mol. The number of methoxy groups -OCH3 is 2. The van der Waals surface area contributed by atoms with Crippen molar-refractivity contribution in [2.24, 2.45) is 0 Å². The fourth-order valence-electron chi connectivity index (χ4n) is 4.24. The van der Waals surface area contributed by atoms with Gasteiger partial charge in [-0.1, -0.05) is 42.5 Å². The first kappa shape index (κ1) is 25.7. The zero-order chi connectivity index (χ0) is 26.2. The molecule has 2 aromatic heterocycles. The molecule has 4 rings (SSSR count). The minimum absolute atomic E-state index is 0.163. The van der Waals surface area contributed by atoms with E-state index in [-0.39, 0.29) is 18.1 Å². The van der Waals surface area contributed by atoms with Crippen molar-refractivity contribution in [2.45, 2.75) is 25.9 Å². The number of carbonyl (C=O) groups excluding carboxylic acids is 2. The molecule has 0 aliphatic rings. The normalized spacial score (nSPS) is 10.9. The molecule has 9 nitrogen and oxygen atoms in total. The number of aryl methyl sites for hydroxylation is 2. The second kappa shape index (κ2) is 12.0. The van der Waals surface area contributed by atoms with Gasteiger partial charge in [-0.3, -0.25) is 4.79 Å². The number of carbonyl (C=O) groups is 2. The SMILES string of the molecule is COCC(=O)Nc1c(C(=O)OC)n(CCCc2ccccc2)c2ncc(NCc3cccc(O)c3)cc12. The van der Waals surface area contributed by atoms with Gasteiger partial charge in [-0.15, -0.1) is 0 Å². The number of phenolic OH excluding ortho intramolecular Hbond substituents is 1. The fourth-order valence-corrected chi connectivity index (χ4v) is 4.24. The van der Waals surface area contributed by atoms with Crippen LogP contribution in [0.3, 0.4) is 0 Å². The number of aromatic hydroxyl groups is 1. The Balaban J connectivity index is 1.70. The number of pyridine rings is 1. The summed E-state index contributed by atoms with van der Waals surface area (Å²) >= 11 is 0. The van der Waals surface area contributed by atoms with Gasteiger partial charge in [0.25, 0.3) is 0 Å². The Morgan fingerprint density at radius 2 is 1.81 bits per heavy atom. The van der Waals surface area contributed by atoms with Crippen LogP contribution < -0.4 is 10.6 Å². The molecule has 0 aliphatic carbocycles. The monoisotopic (exact) mass is 502 g/mol. The first-order valence-corrected chi connectivity index (χ1v) is 11.9. The van der Waals surface area contributed by atoms with E-state index >= 15 is 0 Å². The van der Waals surface area contributed by atoms with E-state index in [4.69, 9.17) is 9.47 Å². The number of fused-ring (bicyclic) bond motifs is 1. The van der Waals surface area contributed by atoms with Gasteiger partial charge < -0.3 is 29.8 Å². The third-order valence-corrected chi connectivity index (χ3v) is 5.91. The summed E-state index contributed by atoms with van der Waals surface area (Å²) in [5.41, 5.74) is 3.89. The van der Waals surface area contributed by atoms with Crippen LogP contribution >= 0.6 is 0 Å². The molecule has 0 spiro atoms. The molecule has 192 valence electrons. The van der Waals surface area contributed by atoms with Crippen LogP contribution in [0.4, 0.5) is 11.4 Å². The number of esters is 1. The van der Waals surface area contributed by atoms with Gasteiger partial charge in [0.15, 0.2) is 5.69 Å². The molecule has 0 atom stereocenters. The molecular formula is C28H30N4O5. The molecule has 4 aromatic rings. The average Bonchev–Trinajstić information content (AvgIpc) is 3.20. The van der Waals surface area contributed by atoms with Crippen molar-refractivity contribution in [2.75, 3.05) is 31.5 Å². The third kappa shape index (κ3) is 6.25. The molecule has 2 aromatic carbocycles.